The molecule has 0 aliphatic carbocycles. The molecule has 0 atom stereocenters. The van der Waals surface area contributed by atoms with E-state index in [4.69, 9.17) is 0 Å². The topological polar surface area (TPSA) is 57.4 Å². The van der Waals surface area contributed by atoms with E-state index in [1.54, 1.807) is 11.3 Å². The zero-order valence-electron chi connectivity index (χ0n) is 25.9. The zero-order chi connectivity index (χ0) is 32.6. The van der Waals surface area contributed by atoms with Crippen LogP contribution in [-0.2, 0) is 0 Å². The average molecular weight is 639 g/mol. The standard InChI is InChI=1S/C44H22N4S/c45-25-27-17-21-39-35(23-27)32-13-5-7-15-38(32)48(39)40-16-8-9-29(26-46)42(40)28-18-22-41-36(24-28)34-20-19-33-31-12-4-6-14-37(31)47(43(33)44(34)49-41)30-10-2-1-3-11-30/h1-3,5-11,13-24H. The molecule has 3 aromatic heterocycles. The first kappa shape index (κ1) is 27.3. The van der Waals surface area contributed by atoms with E-state index in [9.17, 15) is 10.5 Å². The molecule has 0 spiro atoms. The lowest BCUT2D eigenvalue weighted by atomic mass is 9.96. The van der Waals surface area contributed by atoms with Crippen LogP contribution in [0, 0.1) is 34.8 Å². The lowest BCUT2D eigenvalue weighted by Crippen LogP contribution is -1.99. The summed E-state index contributed by atoms with van der Waals surface area (Å²) >= 11 is 1.80. The number of thiophene rings is 1. The predicted molar refractivity (Wildman–Crippen MR) is 201 cm³/mol. The summed E-state index contributed by atoms with van der Waals surface area (Å²) in [5.74, 6) is 0. The maximum absolute atomic E-state index is 10.5. The molecule has 10 rings (SSSR count). The molecule has 0 bridgehead atoms. The molecule has 0 N–H and O–H groups in total. The first-order chi connectivity index (χ1) is 24.2. The Balaban J connectivity index is 1.27. The SMILES string of the molecule is N#Cc1ccc2c(c1)c1ccccc1n2-c1cccc(C#N)c1-c1ccc2sc3c(ccc4c5c#cccc5n(-c5ccccc5)c43)c2c1. The van der Waals surface area contributed by atoms with Crippen LogP contribution in [0.2, 0.25) is 0 Å². The maximum Gasteiger partial charge on any atom is 0.0998 e. The average Bonchev–Trinajstić information content (AvgIpc) is 3.82. The van der Waals surface area contributed by atoms with E-state index in [1.807, 2.05) is 54.6 Å². The van der Waals surface area contributed by atoms with Gasteiger partial charge in [0.25, 0.3) is 0 Å². The van der Waals surface area contributed by atoms with Gasteiger partial charge in [-0.3, -0.25) is 0 Å². The van der Waals surface area contributed by atoms with Crippen molar-refractivity contribution < 1.29 is 0 Å². The van der Waals surface area contributed by atoms with Crippen LogP contribution in [-0.4, -0.2) is 9.13 Å². The molecular weight excluding hydrogens is 617 g/mol. The molecule has 0 saturated heterocycles. The van der Waals surface area contributed by atoms with Crippen molar-refractivity contribution in [2.75, 3.05) is 0 Å². The van der Waals surface area contributed by atoms with Crippen molar-refractivity contribution >= 4 is 75.1 Å². The Morgan fingerprint density at radius 2 is 1.43 bits per heavy atom. The highest BCUT2D eigenvalue weighted by molar-refractivity contribution is 7.26. The van der Waals surface area contributed by atoms with Crippen LogP contribution < -0.4 is 0 Å². The molecule has 0 aliphatic rings. The molecule has 224 valence electrons. The number of hydrogen-bond donors (Lipinski definition) is 0. The van der Waals surface area contributed by atoms with Gasteiger partial charge in [0, 0.05) is 42.9 Å². The summed E-state index contributed by atoms with van der Waals surface area (Å²) in [5, 5.41) is 26.7. The predicted octanol–water partition coefficient (Wildman–Crippen LogP) is 11.3. The fourth-order valence-corrected chi connectivity index (χ4v) is 8.79. The van der Waals surface area contributed by atoms with Gasteiger partial charge in [-0.2, -0.15) is 10.5 Å². The lowest BCUT2D eigenvalue weighted by Gasteiger charge is -2.16. The number of hydrogen-bond acceptors (Lipinski definition) is 3. The first-order valence-electron chi connectivity index (χ1n) is 16.0. The molecule has 0 amide bonds. The summed E-state index contributed by atoms with van der Waals surface area (Å²) in [7, 11) is 0. The molecule has 3 heterocycles. The molecule has 0 fully saturated rings. The molecule has 4 nitrogen and oxygen atoms in total. The normalized spacial score (nSPS) is 11.5. The molecule has 0 radical (unpaired) electrons. The highest BCUT2D eigenvalue weighted by atomic mass is 32.1. The summed E-state index contributed by atoms with van der Waals surface area (Å²) in [6.07, 6.45) is 0. The van der Waals surface area contributed by atoms with Crippen molar-refractivity contribution in [3.63, 3.8) is 0 Å². The van der Waals surface area contributed by atoms with Crippen molar-refractivity contribution in [2.24, 2.45) is 0 Å². The van der Waals surface area contributed by atoms with Gasteiger partial charge >= 0.3 is 0 Å². The van der Waals surface area contributed by atoms with Crippen LogP contribution in [0.15, 0.2) is 133 Å². The van der Waals surface area contributed by atoms with Gasteiger partial charge in [0.05, 0.1) is 61.1 Å². The summed E-state index contributed by atoms with van der Waals surface area (Å²) < 4.78 is 6.97. The second-order valence-corrected chi connectivity index (χ2v) is 13.2. The summed E-state index contributed by atoms with van der Waals surface area (Å²) in [6, 6.07) is 56.9. The van der Waals surface area contributed by atoms with Crippen molar-refractivity contribution in [1.29, 1.82) is 10.5 Å². The molecule has 7 aromatic carbocycles. The molecular formula is C44H22N4S. The van der Waals surface area contributed by atoms with Gasteiger partial charge in [0.1, 0.15) is 0 Å². The number of para-hydroxylation sites is 2. The number of nitrogens with zero attached hydrogens (tertiary/aromatic N) is 4. The van der Waals surface area contributed by atoms with E-state index in [0.717, 1.165) is 71.5 Å². The van der Waals surface area contributed by atoms with Crippen molar-refractivity contribution in [2.45, 2.75) is 0 Å². The fraction of sp³-hybridized carbons (Fsp3) is 0. The third-order valence-electron chi connectivity index (χ3n) is 9.63. The Morgan fingerprint density at radius 3 is 2.31 bits per heavy atom. The van der Waals surface area contributed by atoms with Crippen molar-refractivity contribution in [3.8, 4) is 34.6 Å². The number of fused-ring (bicyclic) bond motifs is 10. The van der Waals surface area contributed by atoms with Crippen molar-refractivity contribution in [3.05, 3.63) is 157 Å². The minimum Gasteiger partial charge on any atom is -0.309 e. The van der Waals surface area contributed by atoms with Crippen molar-refractivity contribution in [1.82, 2.24) is 9.13 Å². The Bertz CT molecular complexity index is 3070. The molecule has 0 saturated carbocycles. The van der Waals surface area contributed by atoms with Crippen LogP contribution in [0.3, 0.4) is 0 Å². The van der Waals surface area contributed by atoms with Gasteiger partial charge in [0.2, 0.25) is 0 Å². The fourth-order valence-electron chi connectivity index (χ4n) is 7.57. The van der Waals surface area contributed by atoms with E-state index in [-0.39, 0.29) is 0 Å². The van der Waals surface area contributed by atoms with Gasteiger partial charge in [-0.05, 0) is 78.4 Å². The Morgan fingerprint density at radius 1 is 0.592 bits per heavy atom. The molecule has 0 aliphatic heterocycles. The molecule has 0 unspecified atom stereocenters. The van der Waals surface area contributed by atoms with Gasteiger partial charge in [-0.15, -0.1) is 11.3 Å². The van der Waals surface area contributed by atoms with E-state index in [1.165, 1.54) is 14.8 Å². The summed E-state index contributed by atoms with van der Waals surface area (Å²) in [4.78, 5) is 0. The Kier molecular flexibility index (Phi) is 5.75. The minimum absolute atomic E-state index is 0.606. The van der Waals surface area contributed by atoms with Crippen LogP contribution in [0.4, 0.5) is 0 Å². The second-order valence-electron chi connectivity index (χ2n) is 12.2. The Hall–Kier alpha value is -6.84. The summed E-state index contributed by atoms with van der Waals surface area (Å²) in [5.41, 5.74) is 9.39. The minimum atomic E-state index is 0.606. The highest BCUT2D eigenvalue weighted by Crippen LogP contribution is 2.45. The molecule has 10 aromatic rings. The van der Waals surface area contributed by atoms with E-state index < -0.39 is 0 Å². The largest absolute Gasteiger partial charge is 0.309 e. The van der Waals surface area contributed by atoms with Gasteiger partial charge in [0.15, 0.2) is 0 Å². The van der Waals surface area contributed by atoms with Crippen LogP contribution in [0.5, 0.6) is 0 Å². The smallest absolute Gasteiger partial charge is 0.0998 e. The Labute approximate surface area is 285 Å². The van der Waals surface area contributed by atoms with E-state index in [0.29, 0.717) is 11.1 Å². The first-order valence-corrected chi connectivity index (χ1v) is 16.8. The number of benzene rings is 6. The monoisotopic (exact) mass is 638 g/mol. The third-order valence-corrected chi connectivity index (χ3v) is 10.8. The number of rotatable bonds is 3. The van der Waals surface area contributed by atoms with Gasteiger partial charge in [-0.1, -0.05) is 72.8 Å². The molecule has 49 heavy (non-hydrogen) atoms. The number of aromatic nitrogens is 2. The third kappa shape index (κ3) is 3.84. The second kappa shape index (κ2) is 10.3. The van der Waals surface area contributed by atoms with E-state index >= 15 is 0 Å². The van der Waals surface area contributed by atoms with Gasteiger partial charge < -0.3 is 9.13 Å². The van der Waals surface area contributed by atoms with Gasteiger partial charge in [-0.25, -0.2) is 0 Å². The quantitative estimate of drug-likeness (QED) is 0.193. The lowest BCUT2D eigenvalue weighted by molar-refractivity contribution is 1.18. The summed E-state index contributed by atoms with van der Waals surface area (Å²) in [6.45, 7) is 0. The van der Waals surface area contributed by atoms with Crippen LogP contribution in [0.1, 0.15) is 11.1 Å². The maximum atomic E-state index is 10.5. The highest BCUT2D eigenvalue weighted by Gasteiger charge is 2.21. The number of nitriles is 2. The molecule has 5 heteroatoms. The van der Waals surface area contributed by atoms with Crippen LogP contribution >= 0.6 is 11.3 Å². The van der Waals surface area contributed by atoms with Crippen LogP contribution in [0.25, 0.3) is 86.3 Å². The van der Waals surface area contributed by atoms with E-state index in [2.05, 4.69) is 112 Å². The zero-order valence-corrected chi connectivity index (χ0v) is 26.7.